The van der Waals surface area contributed by atoms with E-state index in [0.717, 1.165) is 11.8 Å². The van der Waals surface area contributed by atoms with E-state index in [4.69, 9.17) is 0 Å². The van der Waals surface area contributed by atoms with E-state index in [1.807, 2.05) is 0 Å². The van der Waals surface area contributed by atoms with Crippen molar-refractivity contribution in [3.05, 3.63) is 0 Å². The van der Waals surface area contributed by atoms with Gasteiger partial charge in [0.2, 0.25) is 0 Å². The third-order valence-corrected chi connectivity index (χ3v) is 3.85. The predicted octanol–water partition coefficient (Wildman–Crippen LogP) is 2.03. The van der Waals surface area contributed by atoms with E-state index in [-0.39, 0.29) is 12.3 Å². The molecule has 1 nitrogen and oxygen atoms in total. The zero-order valence-electron chi connectivity index (χ0n) is 7.60. The molecule has 3 fully saturated rings. The fourth-order valence-electron chi connectivity index (χ4n) is 2.68. The van der Waals surface area contributed by atoms with Crippen LogP contribution in [0.2, 0.25) is 0 Å². The van der Waals surface area contributed by atoms with Crippen LogP contribution in [0, 0.1) is 17.8 Å². The zero-order chi connectivity index (χ0) is 9.05. The van der Waals surface area contributed by atoms with Crippen LogP contribution in [0.1, 0.15) is 25.7 Å². The van der Waals surface area contributed by atoms with Crippen LogP contribution in [0.25, 0.3) is 0 Å². The monoisotopic (exact) mass is 187 g/mol. The van der Waals surface area contributed by atoms with Gasteiger partial charge in [-0.05, 0) is 31.1 Å². The second-order valence-electron chi connectivity index (χ2n) is 4.99. The van der Waals surface area contributed by atoms with E-state index < -0.39 is 5.92 Å². The van der Waals surface area contributed by atoms with Gasteiger partial charge in [0, 0.05) is 24.9 Å². The lowest BCUT2D eigenvalue weighted by atomic mass is 10.1. The SMILES string of the molecule is FC1(F)CC1CNC1CC2CC2C1. The van der Waals surface area contributed by atoms with Crippen LogP contribution in [-0.2, 0) is 0 Å². The van der Waals surface area contributed by atoms with Crippen molar-refractivity contribution >= 4 is 0 Å². The molecular formula is C10H15F2N. The highest BCUT2D eigenvalue weighted by atomic mass is 19.3. The number of hydrogen-bond acceptors (Lipinski definition) is 1. The van der Waals surface area contributed by atoms with Crippen LogP contribution in [-0.4, -0.2) is 18.5 Å². The summed E-state index contributed by atoms with van der Waals surface area (Å²) in [7, 11) is 0. The first kappa shape index (κ1) is 8.16. The van der Waals surface area contributed by atoms with E-state index in [1.165, 1.54) is 19.3 Å². The third-order valence-electron chi connectivity index (χ3n) is 3.85. The van der Waals surface area contributed by atoms with Crippen molar-refractivity contribution in [2.45, 2.75) is 37.6 Å². The molecule has 0 spiro atoms. The Labute approximate surface area is 76.9 Å². The van der Waals surface area contributed by atoms with E-state index in [1.54, 1.807) is 0 Å². The predicted molar refractivity (Wildman–Crippen MR) is 45.7 cm³/mol. The van der Waals surface area contributed by atoms with Crippen molar-refractivity contribution in [3.8, 4) is 0 Å². The summed E-state index contributed by atoms with van der Waals surface area (Å²) in [5, 5.41) is 3.28. The molecule has 3 heteroatoms. The molecule has 3 aliphatic rings. The summed E-state index contributed by atoms with van der Waals surface area (Å²) in [5.41, 5.74) is 0. The van der Waals surface area contributed by atoms with E-state index in [9.17, 15) is 8.78 Å². The summed E-state index contributed by atoms with van der Waals surface area (Å²) in [6.45, 7) is 0.539. The smallest absolute Gasteiger partial charge is 0.252 e. The van der Waals surface area contributed by atoms with Gasteiger partial charge < -0.3 is 5.32 Å². The summed E-state index contributed by atoms with van der Waals surface area (Å²) in [6.07, 6.45) is 3.99. The highest BCUT2D eigenvalue weighted by molar-refractivity contribution is 5.01. The maximum atomic E-state index is 12.5. The Morgan fingerprint density at radius 1 is 1.15 bits per heavy atom. The Hall–Kier alpha value is -0.180. The van der Waals surface area contributed by atoms with Crippen molar-refractivity contribution in [2.24, 2.45) is 17.8 Å². The van der Waals surface area contributed by atoms with Crippen molar-refractivity contribution in [2.75, 3.05) is 6.54 Å². The van der Waals surface area contributed by atoms with E-state index in [0.29, 0.717) is 12.6 Å². The first-order chi connectivity index (χ1) is 6.15. The first-order valence-corrected chi connectivity index (χ1v) is 5.26. The van der Waals surface area contributed by atoms with Gasteiger partial charge in [-0.2, -0.15) is 0 Å². The van der Waals surface area contributed by atoms with Gasteiger partial charge in [-0.3, -0.25) is 0 Å². The molecule has 0 amide bonds. The van der Waals surface area contributed by atoms with Gasteiger partial charge in [0.05, 0.1) is 0 Å². The highest BCUT2D eigenvalue weighted by Crippen LogP contribution is 2.52. The average molecular weight is 187 g/mol. The zero-order valence-corrected chi connectivity index (χ0v) is 7.60. The van der Waals surface area contributed by atoms with Crippen LogP contribution < -0.4 is 5.32 Å². The Morgan fingerprint density at radius 3 is 2.31 bits per heavy atom. The summed E-state index contributed by atoms with van der Waals surface area (Å²) in [5.74, 6) is -0.812. The van der Waals surface area contributed by atoms with E-state index >= 15 is 0 Å². The maximum Gasteiger partial charge on any atom is 0.252 e. The minimum Gasteiger partial charge on any atom is -0.313 e. The Kier molecular flexibility index (Phi) is 1.53. The molecule has 3 rings (SSSR count). The molecule has 0 aromatic rings. The lowest BCUT2D eigenvalue weighted by Crippen LogP contribution is -2.30. The topological polar surface area (TPSA) is 12.0 Å². The molecule has 3 unspecified atom stereocenters. The summed E-state index contributed by atoms with van der Waals surface area (Å²) in [6, 6.07) is 0.556. The molecule has 0 aliphatic heterocycles. The minimum absolute atomic E-state index is 0.111. The molecule has 13 heavy (non-hydrogen) atoms. The Bertz CT molecular complexity index is 219. The number of hydrogen-bond donors (Lipinski definition) is 1. The van der Waals surface area contributed by atoms with Crippen LogP contribution in [0.3, 0.4) is 0 Å². The standard InChI is InChI=1S/C10H15F2N/c11-10(12)4-8(10)5-13-9-2-6-1-7(6)3-9/h6-9,13H,1-5H2. The third kappa shape index (κ3) is 1.47. The number of rotatable bonds is 3. The lowest BCUT2D eigenvalue weighted by molar-refractivity contribution is 0.0979. The van der Waals surface area contributed by atoms with Crippen LogP contribution in [0.15, 0.2) is 0 Å². The van der Waals surface area contributed by atoms with Gasteiger partial charge in [0.15, 0.2) is 0 Å². The molecule has 3 saturated carbocycles. The Balaban J connectivity index is 1.40. The number of nitrogens with one attached hydrogen (secondary N) is 1. The van der Waals surface area contributed by atoms with Crippen molar-refractivity contribution < 1.29 is 8.78 Å². The quantitative estimate of drug-likeness (QED) is 0.712. The number of alkyl halides is 2. The second kappa shape index (κ2) is 2.44. The molecule has 0 bridgehead atoms. The molecule has 3 atom stereocenters. The Morgan fingerprint density at radius 2 is 1.77 bits per heavy atom. The molecule has 74 valence electrons. The van der Waals surface area contributed by atoms with Crippen LogP contribution in [0.5, 0.6) is 0 Å². The first-order valence-electron chi connectivity index (χ1n) is 5.26. The van der Waals surface area contributed by atoms with Gasteiger partial charge in [0.1, 0.15) is 0 Å². The molecule has 0 radical (unpaired) electrons. The number of halogens is 2. The summed E-state index contributed by atoms with van der Waals surface area (Å²) in [4.78, 5) is 0. The van der Waals surface area contributed by atoms with E-state index in [2.05, 4.69) is 5.32 Å². The normalized spacial score (nSPS) is 50.3. The maximum absolute atomic E-state index is 12.5. The van der Waals surface area contributed by atoms with Gasteiger partial charge in [-0.1, -0.05) is 0 Å². The van der Waals surface area contributed by atoms with Gasteiger partial charge in [-0.25, -0.2) is 8.78 Å². The molecule has 0 heterocycles. The molecule has 0 saturated heterocycles. The van der Waals surface area contributed by atoms with Crippen molar-refractivity contribution in [3.63, 3.8) is 0 Å². The summed E-state index contributed by atoms with van der Waals surface area (Å²) < 4.78 is 25.0. The number of fused-ring (bicyclic) bond motifs is 1. The fourth-order valence-corrected chi connectivity index (χ4v) is 2.68. The largest absolute Gasteiger partial charge is 0.313 e. The highest BCUT2D eigenvalue weighted by Gasteiger charge is 2.56. The van der Waals surface area contributed by atoms with Gasteiger partial charge in [0.25, 0.3) is 5.92 Å². The van der Waals surface area contributed by atoms with Gasteiger partial charge in [-0.15, -0.1) is 0 Å². The van der Waals surface area contributed by atoms with Crippen LogP contribution in [0.4, 0.5) is 8.78 Å². The lowest BCUT2D eigenvalue weighted by Gasteiger charge is -2.13. The molecule has 0 aromatic carbocycles. The average Bonchev–Trinajstić information content (AvgIpc) is 2.88. The second-order valence-corrected chi connectivity index (χ2v) is 4.99. The van der Waals surface area contributed by atoms with Crippen molar-refractivity contribution in [1.29, 1.82) is 0 Å². The van der Waals surface area contributed by atoms with Crippen molar-refractivity contribution in [1.82, 2.24) is 5.32 Å². The molecule has 0 aromatic heterocycles. The molecule has 3 aliphatic carbocycles. The van der Waals surface area contributed by atoms with Crippen LogP contribution >= 0.6 is 0 Å². The minimum atomic E-state index is -2.34. The summed E-state index contributed by atoms with van der Waals surface area (Å²) >= 11 is 0. The van der Waals surface area contributed by atoms with Gasteiger partial charge >= 0.3 is 0 Å². The fraction of sp³-hybridized carbons (Fsp3) is 1.00. The molecular weight excluding hydrogens is 172 g/mol. The molecule has 1 N–H and O–H groups in total.